The molecule has 0 saturated carbocycles. The molecule has 4 rings (SSSR count). The molecule has 0 radical (unpaired) electrons. The predicted octanol–water partition coefficient (Wildman–Crippen LogP) is 2.40. The summed E-state index contributed by atoms with van der Waals surface area (Å²) >= 11 is 1.58. The molecule has 0 saturated heterocycles. The maximum Gasteiger partial charge on any atom is 0.261 e. The fourth-order valence-electron chi connectivity index (χ4n) is 2.94. The van der Waals surface area contributed by atoms with Gasteiger partial charge >= 0.3 is 0 Å². The molecule has 128 valence electrons. The number of aromatic nitrogens is 3. The summed E-state index contributed by atoms with van der Waals surface area (Å²) in [5.41, 5.74) is 1.89. The van der Waals surface area contributed by atoms with Gasteiger partial charge in [-0.3, -0.25) is 14.5 Å². The first-order chi connectivity index (χ1) is 12.1. The van der Waals surface area contributed by atoms with E-state index in [2.05, 4.69) is 15.3 Å². The molecule has 2 aliphatic heterocycles. The SMILES string of the molecule is CC(C)c1nnc2n1N=C(CCN1C(=O)c3ccccc3C1=O)CS2. The molecule has 1 aromatic heterocycles. The van der Waals surface area contributed by atoms with Crippen LogP contribution in [-0.4, -0.2) is 49.6 Å². The van der Waals surface area contributed by atoms with Gasteiger partial charge in [-0.1, -0.05) is 37.7 Å². The van der Waals surface area contributed by atoms with Crippen LogP contribution in [0.15, 0.2) is 34.5 Å². The number of rotatable bonds is 4. The number of amides is 2. The first kappa shape index (κ1) is 16.0. The van der Waals surface area contributed by atoms with Gasteiger partial charge in [0, 0.05) is 24.6 Å². The summed E-state index contributed by atoms with van der Waals surface area (Å²) in [7, 11) is 0. The lowest BCUT2D eigenvalue weighted by Crippen LogP contribution is -2.32. The standard InChI is InChI=1S/C17H17N5O2S/c1-10(2)14-18-19-17-22(14)20-11(9-25-17)7-8-21-15(23)12-5-3-4-6-13(12)16(21)24/h3-6,10H,7-9H2,1-2H3. The summed E-state index contributed by atoms with van der Waals surface area (Å²) in [4.78, 5) is 26.1. The molecular weight excluding hydrogens is 338 g/mol. The summed E-state index contributed by atoms with van der Waals surface area (Å²) in [5, 5.41) is 13.7. The Morgan fingerprint density at radius 1 is 1.12 bits per heavy atom. The van der Waals surface area contributed by atoms with Gasteiger partial charge in [-0.25, -0.2) is 0 Å². The fraction of sp³-hybridized carbons (Fsp3) is 0.353. The maximum atomic E-state index is 12.4. The zero-order chi connectivity index (χ0) is 17.6. The number of benzene rings is 1. The van der Waals surface area contributed by atoms with Gasteiger partial charge in [0.2, 0.25) is 5.16 Å². The Hall–Kier alpha value is -2.48. The van der Waals surface area contributed by atoms with Gasteiger partial charge in [0.15, 0.2) is 5.82 Å². The molecule has 2 amide bonds. The number of carbonyl (C=O) groups excluding carboxylic acids is 2. The smallest absolute Gasteiger partial charge is 0.261 e. The third-order valence-electron chi connectivity index (χ3n) is 4.26. The highest BCUT2D eigenvalue weighted by molar-refractivity contribution is 7.99. The van der Waals surface area contributed by atoms with Crippen molar-refractivity contribution in [2.24, 2.45) is 5.10 Å². The predicted molar refractivity (Wildman–Crippen MR) is 94.1 cm³/mol. The Morgan fingerprint density at radius 3 is 2.44 bits per heavy atom. The Balaban J connectivity index is 1.51. The number of imide groups is 1. The van der Waals surface area contributed by atoms with Crippen LogP contribution in [0.2, 0.25) is 0 Å². The van der Waals surface area contributed by atoms with Crippen molar-refractivity contribution in [1.82, 2.24) is 19.8 Å². The lowest BCUT2D eigenvalue weighted by Gasteiger charge is -2.17. The van der Waals surface area contributed by atoms with Gasteiger partial charge in [0.25, 0.3) is 11.8 Å². The van der Waals surface area contributed by atoms with Crippen LogP contribution >= 0.6 is 11.8 Å². The number of thioether (sulfide) groups is 1. The number of nitrogens with zero attached hydrogens (tertiary/aromatic N) is 5. The Bertz CT molecular complexity index is 867. The summed E-state index contributed by atoms with van der Waals surface area (Å²) in [6, 6.07) is 6.94. The van der Waals surface area contributed by atoms with Gasteiger partial charge in [0.05, 0.1) is 16.8 Å². The van der Waals surface area contributed by atoms with Crippen LogP contribution in [0.1, 0.15) is 52.7 Å². The monoisotopic (exact) mass is 355 g/mol. The van der Waals surface area contributed by atoms with Crippen LogP contribution < -0.4 is 0 Å². The summed E-state index contributed by atoms with van der Waals surface area (Å²) < 4.78 is 1.77. The molecule has 1 aromatic carbocycles. The Labute approximate surface area is 149 Å². The third kappa shape index (κ3) is 2.66. The highest BCUT2D eigenvalue weighted by atomic mass is 32.2. The van der Waals surface area contributed by atoms with E-state index in [9.17, 15) is 9.59 Å². The van der Waals surface area contributed by atoms with Gasteiger partial charge < -0.3 is 0 Å². The highest BCUT2D eigenvalue weighted by Crippen LogP contribution is 2.27. The van der Waals surface area contributed by atoms with E-state index in [1.165, 1.54) is 4.90 Å². The van der Waals surface area contributed by atoms with Gasteiger partial charge in [-0.2, -0.15) is 9.78 Å². The summed E-state index contributed by atoms with van der Waals surface area (Å²) in [6.45, 7) is 4.43. The van der Waals surface area contributed by atoms with E-state index < -0.39 is 0 Å². The molecule has 0 fully saturated rings. The lowest BCUT2D eigenvalue weighted by atomic mass is 10.1. The highest BCUT2D eigenvalue weighted by Gasteiger charge is 2.35. The van der Waals surface area contributed by atoms with Gasteiger partial charge in [-0.05, 0) is 12.1 Å². The fourth-order valence-corrected chi connectivity index (χ4v) is 3.80. The van der Waals surface area contributed by atoms with Crippen LogP contribution in [0.4, 0.5) is 0 Å². The van der Waals surface area contributed by atoms with E-state index in [0.29, 0.717) is 29.8 Å². The second kappa shape index (κ2) is 6.11. The summed E-state index contributed by atoms with van der Waals surface area (Å²) in [6.07, 6.45) is 0.549. The topological polar surface area (TPSA) is 80.5 Å². The number of fused-ring (bicyclic) bond motifs is 2. The Kier molecular flexibility index (Phi) is 3.91. The number of carbonyl (C=O) groups is 2. The van der Waals surface area contributed by atoms with Crippen LogP contribution in [0.3, 0.4) is 0 Å². The van der Waals surface area contributed by atoms with Crippen molar-refractivity contribution in [3.63, 3.8) is 0 Å². The van der Waals surface area contributed by atoms with Crippen molar-refractivity contribution in [2.75, 3.05) is 12.3 Å². The van der Waals surface area contributed by atoms with E-state index >= 15 is 0 Å². The zero-order valence-corrected chi connectivity index (χ0v) is 14.8. The molecule has 8 heteroatoms. The molecule has 0 N–H and O–H groups in total. The maximum absolute atomic E-state index is 12.4. The summed E-state index contributed by atoms with van der Waals surface area (Å²) in [5.74, 6) is 1.29. The van der Waals surface area contributed by atoms with Crippen molar-refractivity contribution >= 4 is 29.3 Å². The molecule has 0 atom stereocenters. The van der Waals surface area contributed by atoms with E-state index in [1.54, 1.807) is 40.7 Å². The van der Waals surface area contributed by atoms with Crippen molar-refractivity contribution in [2.45, 2.75) is 31.3 Å². The van der Waals surface area contributed by atoms with Crippen LogP contribution in [0.5, 0.6) is 0 Å². The van der Waals surface area contributed by atoms with Crippen LogP contribution in [-0.2, 0) is 0 Å². The average molecular weight is 355 g/mol. The molecule has 0 aliphatic carbocycles. The molecule has 2 aromatic rings. The van der Waals surface area contributed by atoms with Crippen molar-refractivity contribution in [3.05, 3.63) is 41.2 Å². The molecule has 0 unspecified atom stereocenters. The first-order valence-electron chi connectivity index (χ1n) is 8.16. The number of hydrogen-bond donors (Lipinski definition) is 0. The largest absolute Gasteiger partial charge is 0.274 e. The normalized spacial score (nSPS) is 16.3. The first-order valence-corrected chi connectivity index (χ1v) is 9.15. The van der Waals surface area contributed by atoms with Gasteiger partial charge in [-0.15, -0.1) is 10.2 Å². The zero-order valence-electron chi connectivity index (χ0n) is 14.0. The van der Waals surface area contributed by atoms with Crippen LogP contribution in [0.25, 0.3) is 0 Å². The molecule has 3 heterocycles. The van der Waals surface area contributed by atoms with Crippen LogP contribution in [0, 0.1) is 0 Å². The van der Waals surface area contributed by atoms with Gasteiger partial charge in [0.1, 0.15) is 0 Å². The number of hydrogen-bond acceptors (Lipinski definition) is 6. The molecular formula is C17H17N5O2S. The third-order valence-corrected chi connectivity index (χ3v) is 5.25. The minimum atomic E-state index is -0.225. The quantitative estimate of drug-likeness (QED) is 0.787. The lowest BCUT2D eigenvalue weighted by molar-refractivity contribution is 0.0658. The minimum absolute atomic E-state index is 0.223. The van der Waals surface area contributed by atoms with E-state index in [1.807, 2.05) is 13.8 Å². The molecule has 0 spiro atoms. The molecule has 2 aliphatic rings. The van der Waals surface area contributed by atoms with E-state index in [-0.39, 0.29) is 17.7 Å². The van der Waals surface area contributed by atoms with E-state index in [4.69, 9.17) is 0 Å². The molecule has 7 nitrogen and oxygen atoms in total. The molecule has 0 bridgehead atoms. The van der Waals surface area contributed by atoms with Crippen molar-refractivity contribution < 1.29 is 9.59 Å². The molecule has 25 heavy (non-hydrogen) atoms. The van der Waals surface area contributed by atoms with E-state index in [0.717, 1.165) is 16.7 Å². The Morgan fingerprint density at radius 2 is 1.80 bits per heavy atom. The van der Waals surface area contributed by atoms with Crippen molar-refractivity contribution in [3.8, 4) is 0 Å². The minimum Gasteiger partial charge on any atom is -0.274 e. The average Bonchev–Trinajstić information content (AvgIpc) is 3.14. The second-order valence-corrected chi connectivity index (χ2v) is 7.26. The van der Waals surface area contributed by atoms with Crippen molar-refractivity contribution in [1.29, 1.82) is 0 Å². The second-order valence-electron chi connectivity index (χ2n) is 6.32.